The minimum absolute atomic E-state index is 0.0194. The molecule has 18 heavy (non-hydrogen) atoms. The van der Waals surface area contributed by atoms with Gasteiger partial charge in [-0.1, -0.05) is 39.5 Å². The van der Waals surface area contributed by atoms with Crippen LogP contribution in [0.5, 0.6) is 0 Å². The molecule has 3 nitrogen and oxygen atoms in total. The van der Waals surface area contributed by atoms with Crippen molar-refractivity contribution in [3.05, 3.63) is 27.1 Å². The summed E-state index contributed by atoms with van der Waals surface area (Å²) in [6.45, 7) is 0.867. The second kappa shape index (κ2) is 6.98. The molecule has 1 amide bonds. The number of rotatable bonds is 3. The van der Waals surface area contributed by atoms with Crippen LogP contribution in [0, 0.1) is 0 Å². The largest absolute Gasteiger partial charge is 0.324 e. The second-order valence-corrected chi connectivity index (χ2v) is 7.53. The van der Waals surface area contributed by atoms with Gasteiger partial charge in [-0.05, 0) is 34.1 Å². The minimum atomic E-state index is -0.0194. The third-order valence-corrected chi connectivity index (χ3v) is 5.52. The Labute approximate surface area is 131 Å². The standard InChI is InChI=1S/C11H10Br2N2OS2/c12-7-1-2-8(13)9(5-7)15-10(16)6-18-11-14-3-4-17-11/h1-2,5H,3-4,6H2,(H,15,16). The number of nitrogens with one attached hydrogen (secondary N) is 1. The Balaban J connectivity index is 1.88. The summed E-state index contributed by atoms with van der Waals surface area (Å²) in [7, 11) is 0. The van der Waals surface area contributed by atoms with Gasteiger partial charge in [0.25, 0.3) is 0 Å². The number of thioether (sulfide) groups is 2. The van der Waals surface area contributed by atoms with E-state index in [9.17, 15) is 4.79 Å². The van der Waals surface area contributed by atoms with Gasteiger partial charge < -0.3 is 5.32 Å². The molecule has 1 aliphatic rings. The van der Waals surface area contributed by atoms with Crippen molar-refractivity contribution < 1.29 is 4.79 Å². The first-order chi connectivity index (χ1) is 8.65. The van der Waals surface area contributed by atoms with Crippen LogP contribution in [-0.2, 0) is 4.79 Å². The topological polar surface area (TPSA) is 41.5 Å². The quantitative estimate of drug-likeness (QED) is 0.820. The van der Waals surface area contributed by atoms with Gasteiger partial charge in [0.1, 0.15) is 4.38 Å². The Hall–Kier alpha value is 0.0200. The third kappa shape index (κ3) is 4.29. The molecule has 0 fully saturated rings. The number of aliphatic imine (C=N–C) groups is 1. The first-order valence-corrected chi connectivity index (χ1v) is 8.76. The molecule has 0 aromatic heterocycles. The first kappa shape index (κ1) is 14.4. The van der Waals surface area contributed by atoms with Crippen LogP contribution in [0.3, 0.4) is 0 Å². The number of halogens is 2. The maximum atomic E-state index is 11.8. The molecule has 0 radical (unpaired) electrons. The number of amides is 1. The van der Waals surface area contributed by atoms with E-state index in [2.05, 4.69) is 42.2 Å². The molecule has 1 aromatic rings. The first-order valence-electron chi connectivity index (χ1n) is 5.20. The highest BCUT2D eigenvalue weighted by Crippen LogP contribution is 2.27. The van der Waals surface area contributed by atoms with Gasteiger partial charge in [0.2, 0.25) is 5.91 Å². The average Bonchev–Trinajstić information content (AvgIpc) is 2.84. The highest BCUT2D eigenvalue weighted by Gasteiger charge is 2.11. The van der Waals surface area contributed by atoms with E-state index in [-0.39, 0.29) is 5.91 Å². The molecular weight excluding hydrogens is 400 g/mol. The molecule has 0 saturated heterocycles. The Bertz CT molecular complexity index is 494. The molecule has 1 aromatic carbocycles. The molecule has 0 bridgehead atoms. The van der Waals surface area contributed by atoms with Gasteiger partial charge in [-0.3, -0.25) is 9.79 Å². The zero-order chi connectivity index (χ0) is 13.0. The summed E-state index contributed by atoms with van der Waals surface area (Å²) in [6.07, 6.45) is 0. The number of anilines is 1. The average molecular weight is 410 g/mol. The van der Waals surface area contributed by atoms with E-state index in [0.717, 1.165) is 31.3 Å². The monoisotopic (exact) mass is 408 g/mol. The number of carbonyl (C=O) groups is 1. The summed E-state index contributed by atoms with van der Waals surface area (Å²) in [6, 6.07) is 5.68. The van der Waals surface area contributed by atoms with Gasteiger partial charge in [0.15, 0.2) is 0 Å². The van der Waals surface area contributed by atoms with Crippen LogP contribution in [0.15, 0.2) is 32.1 Å². The Kier molecular flexibility index (Phi) is 5.59. The summed E-state index contributed by atoms with van der Waals surface area (Å²) in [4.78, 5) is 16.1. The predicted octanol–water partition coefficient (Wildman–Crippen LogP) is 3.99. The fourth-order valence-electron chi connectivity index (χ4n) is 1.31. The molecule has 1 N–H and O–H groups in total. The van der Waals surface area contributed by atoms with Gasteiger partial charge >= 0.3 is 0 Å². The van der Waals surface area contributed by atoms with Gasteiger partial charge in [-0.15, -0.1) is 0 Å². The lowest BCUT2D eigenvalue weighted by molar-refractivity contribution is -0.113. The van der Waals surface area contributed by atoms with Crippen molar-refractivity contribution in [2.45, 2.75) is 0 Å². The fourth-order valence-corrected chi connectivity index (χ4v) is 3.83. The fraction of sp³-hybridized carbons (Fsp3) is 0.273. The van der Waals surface area contributed by atoms with Crippen LogP contribution < -0.4 is 5.32 Å². The van der Waals surface area contributed by atoms with Crippen LogP contribution in [-0.4, -0.2) is 28.3 Å². The summed E-state index contributed by atoms with van der Waals surface area (Å²) in [5.74, 6) is 1.40. The lowest BCUT2D eigenvalue weighted by atomic mass is 10.3. The summed E-state index contributed by atoms with van der Waals surface area (Å²) >= 11 is 9.99. The van der Waals surface area contributed by atoms with E-state index in [4.69, 9.17) is 0 Å². The van der Waals surface area contributed by atoms with E-state index < -0.39 is 0 Å². The smallest absolute Gasteiger partial charge is 0.234 e. The van der Waals surface area contributed by atoms with Crippen molar-refractivity contribution in [3.63, 3.8) is 0 Å². The second-order valence-electron chi connectivity index (χ2n) is 3.46. The van der Waals surface area contributed by atoms with Crippen molar-refractivity contribution in [2.24, 2.45) is 4.99 Å². The van der Waals surface area contributed by atoms with Gasteiger partial charge in [-0.2, -0.15) is 0 Å². The molecule has 2 rings (SSSR count). The lowest BCUT2D eigenvalue weighted by Crippen LogP contribution is -2.15. The number of hydrogen-bond donors (Lipinski definition) is 1. The van der Waals surface area contributed by atoms with Crippen molar-refractivity contribution in [3.8, 4) is 0 Å². The number of nitrogens with zero attached hydrogens (tertiary/aromatic N) is 1. The van der Waals surface area contributed by atoms with Crippen LogP contribution in [0.2, 0.25) is 0 Å². The molecule has 96 valence electrons. The molecule has 1 aliphatic heterocycles. The molecule has 0 spiro atoms. The third-order valence-electron chi connectivity index (χ3n) is 2.09. The lowest BCUT2D eigenvalue weighted by Gasteiger charge is -2.07. The summed E-state index contributed by atoms with van der Waals surface area (Å²) in [5, 5.41) is 2.87. The normalized spacial score (nSPS) is 14.4. The summed E-state index contributed by atoms with van der Waals surface area (Å²) < 4.78 is 2.82. The zero-order valence-electron chi connectivity index (χ0n) is 9.28. The highest BCUT2D eigenvalue weighted by atomic mass is 79.9. The molecule has 0 atom stereocenters. The number of benzene rings is 1. The van der Waals surface area contributed by atoms with Crippen LogP contribution >= 0.6 is 55.4 Å². The zero-order valence-corrected chi connectivity index (χ0v) is 14.1. The van der Waals surface area contributed by atoms with Crippen molar-refractivity contribution in [1.29, 1.82) is 0 Å². The van der Waals surface area contributed by atoms with E-state index >= 15 is 0 Å². The highest BCUT2D eigenvalue weighted by molar-refractivity contribution is 9.11. The number of hydrogen-bond acceptors (Lipinski definition) is 4. The molecule has 0 saturated carbocycles. The van der Waals surface area contributed by atoms with Gasteiger partial charge in [0, 0.05) is 14.7 Å². The van der Waals surface area contributed by atoms with Crippen LogP contribution in [0.4, 0.5) is 5.69 Å². The summed E-state index contributed by atoms with van der Waals surface area (Å²) in [5.41, 5.74) is 0.774. The van der Waals surface area contributed by atoms with Crippen molar-refractivity contribution >= 4 is 71.4 Å². The van der Waals surface area contributed by atoms with E-state index in [1.807, 2.05) is 18.2 Å². The van der Waals surface area contributed by atoms with Gasteiger partial charge in [0.05, 0.1) is 18.0 Å². The van der Waals surface area contributed by atoms with Crippen LogP contribution in [0.25, 0.3) is 0 Å². The maximum Gasteiger partial charge on any atom is 0.234 e. The molecule has 1 heterocycles. The van der Waals surface area contributed by atoms with Crippen molar-refractivity contribution in [1.82, 2.24) is 0 Å². The molecule has 0 unspecified atom stereocenters. The van der Waals surface area contributed by atoms with E-state index in [1.165, 1.54) is 11.8 Å². The Morgan fingerprint density at radius 2 is 2.33 bits per heavy atom. The van der Waals surface area contributed by atoms with Crippen LogP contribution in [0.1, 0.15) is 0 Å². The minimum Gasteiger partial charge on any atom is -0.324 e. The Morgan fingerprint density at radius 1 is 1.50 bits per heavy atom. The van der Waals surface area contributed by atoms with E-state index in [0.29, 0.717) is 5.75 Å². The number of carbonyl (C=O) groups excluding carboxylic acids is 1. The van der Waals surface area contributed by atoms with Gasteiger partial charge in [-0.25, -0.2) is 0 Å². The molecule has 0 aliphatic carbocycles. The molecule has 7 heteroatoms. The molecular formula is C11H10Br2N2OS2. The van der Waals surface area contributed by atoms with Crippen molar-refractivity contribution in [2.75, 3.05) is 23.4 Å². The Morgan fingerprint density at radius 3 is 3.06 bits per heavy atom. The maximum absolute atomic E-state index is 11.8. The van der Waals surface area contributed by atoms with E-state index in [1.54, 1.807) is 11.8 Å². The predicted molar refractivity (Wildman–Crippen MR) is 87.7 cm³/mol. The SMILES string of the molecule is O=C(CSC1=NCCS1)Nc1cc(Br)ccc1Br.